The Hall–Kier alpha value is -0.610. The lowest BCUT2D eigenvalue weighted by Crippen LogP contribution is -2.23. The summed E-state index contributed by atoms with van der Waals surface area (Å²) in [5.74, 6) is 0. The van der Waals surface area contributed by atoms with Crippen LogP contribution in [0.4, 0.5) is 5.13 Å². The number of hydrogen-bond donors (Lipinski definition) is 1. The fraction of sp³-hybridized carbons (Fsp3) is 0.700. The molecule has 0 amide bonds. The van der Waals surface area contributed by atoms with Crippen LogP contribution in [0.3, 0.4) is 0 Å². The maximum atomic E-state index is 5.77. The van der Waals surface area contributed by atoms with Crippen LogP contribution in [0.5, 0.6) is 0 Å². The summed E-state index contributed by atoms with van der Waals surface area (Å²) in [4.78, 5) is 6.81. The summed E-state index contributed by atoms with van der Waals surface area (Å²) in [5.41, 5.74) is 6.77. The number of aromatic nitrogens is 1. The van der Waals surface area contributed by atoms with Crippen molar-refractivity contribution >= 4 is 16.5 Å². The molecule has 1 aromatic rings. The van der Waals surface area contributed by atoms with Crippen LogP contribution >= 0.6 is 11.3 Å². The second kappa shape index (κ2) is 5.32. The van der Waals surface area contributed by atoms with E-state index in [4.69, 9.17) is 5.73 Å². The Morgan fingerprint density at radius 3 is 2.71 bits per heavy atom. The predicted molar refractivity (Wildman–Crippen MR) is 62.9 cm³/mol. The summed E-state index contributed by atoms with van der Waals surface area (Å²) in [6.45, 7) is 8.39. The highest BCUT2D eigenvalue weighted by atomic mass is 32.1. The molecule has 1 atom stereocenters. The van der Waals surface area contributed by atoms with Gasteiger partial charge >= 0.3 is 0 Å². The number of hydrogen-bond acceptors (Lipinski definition) is 4. The van der Waals surface area contributed by atoms with Gasteiger partial charge in [-0.15, -0.1) is 11.3 Å². The minimum atomic E-state index is 0.0420. The Labute approximate surface area is 89.9 Å². The van der Waals surface area contributed by atoms with Crippen LogP contribution in [0.25, 0.3) is 0 Å². The SMILES string of the molecule is CCCN(CC)c1nc(C(C)N)cs1. The molecule has 0 aliphatic heterocycles. The Morgan fingerprint density at radius 1 is 1.57 bits per heavy atom. The topological polar surface area (TPSA) is 42.2 Å². The first kappa shape index (κ1) is 11.5. The van der Waals surface area contributed by atoms with Gasteiger partial charge in [-0.1, -0.05) is 6.92 Å². The number of anilines is 1. The van der Waals surface area contributed by atoms with Crippen LogP contribution in [-0.2, 0) is 0 Å². The molecule has 1 aromatic heterocycles. The highest BCUT2D eigenvalue weighted by molar-refractivity contribution is 7.13. The second-order valence-corrected chi connectivity index (χ2v) is 4.26. The van der Waals surface area contributed by atoms with Crippen LogP contribution in [-0.4, -0.2) is 18.1 Å². The number of rotatable bonds is 5. The van der Waals surface area contributed by atoms with Gasteiger partial charge in [0.2, 0.25) is 0 Å². The fourth-order valence-corrected chi connectivity index (χ4v) is 2.31. The maximum absolute atomic E-state index is 5.77. The third-order valence-corrected chi connectivity index (χ3v) is 3.04. The van der Waals surface area contributed by atoms with Crippen molar-refractivity contribution in [1.29, 1.82) is 0 Å². The molecule has 14 heavy (non-hydrogen) atoms. The molecule has 1 heterocycles. The Bertz CT molecular complexity index is 270. The molecular formula is C10H19N3S. The third-order valence-electron chi connectivity index (χ3n) is 2.12. The molecule has 0 fully saturated rings. The van der Waals surface area contributed by atoms with E-state index in [2.05, 4.69) is 29.1 Å². The fourth-order valence-electron chi connectivity index (χ4n) is 1.29. The molecule has 2 N–H and O–H groups in total. The molecule has 4 heteroatoms. The van der Waals surface area contributed by atoms with Crippen LogP contribution in [0.2, 0.25) is 0 Å². The van der Waals surface area contributed by atoms with Crippen molar-refractivity contribution in [3.63, 3.8) is 0 Å². The van der Waals surface area contributed by atoms with E-state index >= 15 is 0 Å². The van der Waals surface area contributed by atoms with Gasteiger partial charge < -0.3 is 10.6 Å². The molecule has 0 spiro atoms. The second-order valence-electron chi connectivity index (χ2n) is 3.42. The molecule has 0 aliphatic rings. The van der Waals surface area contributed by atoms with Gasteiger partial charge in [-0.3, -0.25) is 0 Å². The first-order valence-corrected chi connectivity index (χ1v) is 6.03. The highest BCUT2D eigenvalue weighted by Crippen LogP contribution is 2.23. The van der Waals surface area contributed by atoms with Gasteiger partial charge in [-0.25, -0.2) is 4.98 Å². The lowest BCUT2D eigenvalue weighted by Gasteiger charge is -2.18. The smallest absolute Gasteiger partial charge is 0.185 e. The molecule has 0 aromatic carbocycles. The summed E-state index contributed by atoms with van der Waals surface area (Å²) in [6.07, 6.45) is 1.15. The zero-order valence-electron chi connectivity index (χ0n) is 9.16. The monoisotopic (exact) mass is 213 g/mol. The van der Waals surface area contributed by atoms with Gasteiger partial charge in [0, 0.05) is 24.5 Å². The van der Waals surface area contributed by atoms with Crippen molar-refractivity contribution in [2.24, 2.45) is 5.73 Å². The normalized spacial score (nSPS) is 12.9. The van der Waals surface area contributed by atoms with Crippen molar-refractivity contribution in [3.8, 4) is 0 Å². The Balaban J connectivity index is 2.73. The van der Waals surface area contributed by atoms with E-state index in [-0.39, 0.29) is 6.04 Å². The lowest BCUT2D eigenvalue weighted by molar-refractivity contribution is 0.762. The average Bonchev–Trinajstić information content (AvgIpc) is 2.63. The van der Waals surface area contributed by atoms with Crippen molar-refractivity contribution in [2.75, 3.05) is 18.0 Å². The van der Waals surface area contributed by atoms with E-state index < -0.39 is 0 Å². The van der Waals surface area contributed by atoms with E-state index in [1.165, 1.54) is 0 Å². The molecule has 3 nitrogen and oxygen atoms in total. The molecule has 0 saturated carbocycles. The summed E-state index contributed by atoms with van der Waals surface area (Å²) >= 11 is 1.69. The largest absolute Gasteiger partial charge is 0.348 e. The Kier molecular flexibility index (Phi) is 4.35. The van der Waals surface area contributed by atoms with Crippen LogP contribution in [0, 0.1) is 0 Å². The predicted octanol–water partition coefficient (Wildman–Crippen LogP) is 2.40. The molecule has 0 saturated heterocycles. The zero-order valence-corrected chi connectivity index (χ0v) is 9.97. The zero-order chi connectivity index (χ0) is 10.6. The van der Waals surface area contributed by atoms with E-state index in [0.717, 1.165) is 30.3 Å². The molecule has 80 valence electrons. The van der Waals surface area contributed by atoms with Gasteiger partial charge in [0.15, 0.2) is 5.13 Å². The molecule has 0 bridgehead atoms. The van der Waals surface area contributed by atoms with Crippen molar-refractivity contribution in [1.82, 2.24) is 4.98 Å². The molecule has 0 radical (unpaired) electrons. The maximum Gasteiger partial charge on any atom is 0.185 e. The minimum Gasteiger partial charge on any atom is -0.348 e. The van der Waals surface area contributed by atoms with E-state index in [1.54, 1.807) is 11.3 Å². The van der Waals surface area contributed by atoms with Crippen molar-refractivity contribution in [3.05, 3.63) is 11.1 Å². The molecule has 0 aliphatic carbocycles. The average molecular weight is 213 g/mol. The van der Waals surface area contributed by atoms with Crippen LogP contribution in [0.1, 0.15) is 38.9 Å². The van der Waals surface area contributed by atoms with E-state index in [9.17, 15) is 0 Å². The number of nitrogens with zero attached hydrogens (tertiary/aromatic N) is 2. The number of nitrogens with two attached hydrogens (primary N) is 1. The van der Waals surface area contributed by atoms with Gasteiger partial charge in [0.05, 0.1) is 5.69 Å². The summed E-state index contributed by atoms with van der Waals surface area (Å²) < 4.78 is 0. The van der Waals surface area contributed by atoms with Crippen molar-refractivity contribution < 1.29 is 0 Å². The van der Waals surface area contributed by atoms with E-state index in [1.807, 2.05) is 6.92 Å². The molecule has 1 unspecified atom stereocenters. The molecule has 1 rings (SSSR count). The summed E-state index contributed by atoms with van der Waals surface area (Å²) in [6, 6.07) is 0.0420. The molecular weight excluding hydrogens is 194 g/mol. The van der Waals surface area contributed by atoms with Gasteiger partial charge in [-0.2, -0.15) is 0 Å². The first-order chi connectivity index (χ1) is 6.69. The highest BCUT2D eigenvalue weighted by Gasteiger charge is 2.10. The first-order valence-electron chi connectivity index (χ1n) is 5.15. The standard InChI is InChI=1S/C10H19N3S/c1-4-6-13(5-2)10-12-9(7-14-10)8(3)11/h7-8H,4-6,11H2,1-3H3. The quantitative estimate of drug-likeness (QED) is 0.816. The Morgan fingerprint density at radius 2 is 2.29 bits per heavy atom. The van der Waals surface area contributed by atoms with Gasteiger partial charge in [0.1, 0.15) is 0 Å². The van der Waals surface area contributed by atoms with Crippen molar-refractivity contribution in [2.45, 2.75) is 33.2 Å². The van der Waals surface area contributed by atoms with Crippen LogP contribution in [0.15, 0.2) is 5.38 Å². The van der Waals surface area contributed by atoms with Gasteiger partial charge in [-0.05, 0) is 20.3 Å². The summed E-state index contributed by atoms with van der Waals surface area (Å²) in [7, 11) is 0. The third kappa shape index (κ3) is 2.69. The van der Waals surface area contributed by atoms with Crippen LogP contribution < -0.4 is 10.6 Å². The van der Waals surface area contributed by atoms with E-state index in [0.29, 0.717) is 0 Å². The van der Waals surface area contributed by atoms with Gasteiger partial charge in [0.25, 0.3) is 0 Å². The minimum absolute atomic E-state index is 0.0420. The lowest BCUT2D eigenvalue weighted by atomic mass is 10.3. The number of thiazole rings is 1. The summed E-state index contributed by atoms with van der Waals surface area (Å²) in [5, 5.41) is 3.15.